The Hall–Kier alpha value is -0.460. The summed E-state index contributed by atoms with van der Waals surface area (Å²) in [6.45, 7) is 2.81. The minimum absolute atomic E-state index is 0.835. The van der Waals surface area contributed by atoms with E-state index in [2.05, 4.69) is 42.7 Å². The second kappa shape index (κ2) is 5.05. The summed E-state index contributed by atoms with van der Waals surface area (Å²) in [7, 11) is 0. The van der Waals surface area contributed by atoms with Gasteiger partial charge in [0.2, 0.25) is 5.13 Å². The van der Waals surface area contributed by atoms with Crippen LogP contribution in [0.4, 0.5) is 5.13 Å². The van der Waals surface area contributed by atoms with Gasteiger partial charge in [-0.2, -0.15) is 4.37 Å². The smallest absolute Gasteiger partial charge is 0.202 e. The third-order valence-electron chi connectivity index (χ3n) is 1.80. The summed E-state index contributed by atoms with van der Waals surface area (Å²) in [6, 6.07) is 4.22. The van der Waals surface area contributed by atoms with E-state index in [4.69, 9.17) is 0 Å². The first-order chi connectivity index (χ1) is 7.24. The van der Waals surface area contributed by atoms with Crippen molar-refractivity contribution in [1.29, 1.82) is 0 Å². The zero-order valence-electron chi connectivity index (χ0n) is 8.16. The quantitative estimate of drug-likeness (QED) is 0.941. The predicted molar refractivity (Wildman–Crippen MR) is 68.9 cm³/mol. The summed E-state index contributed by atoms with van der Waals surface area (Å²) in [5.41, 5.74) is 0. The van der Waals surface area contributed by atoms with Crippen molar-refractivity contribution in [3.05, 3.63) is 26.6 Å². The summed E-state index contributed by atoms with van der Waals surface area (Å²) in [5.74, 6) is 0.835. The Morgan fingerprint density at radius 3 is 2.93 bits per heavy atom. The van der Waals surface area contributed by atoms with Crippen LogP contribution >= 0.6 is 38.8 Å². The third-order valence-corrected chi connectivity index (χ3v) is 4.25. The Kier molecular flexibility index (Phi) is 3.71. The number of rotatable bonds is 4. The molecule has 0 fully saturated rings. The molecule has 0 aromatic carbocycles. The molecule has 0 saturated heterocycles. The molecule has 15 heavy (non-hydrogen) atoms. The number of hydrogen-bond acceptors (Lipinski definition) is 5. The Morgan fingerprint density at radius 2 is 2.33 bits per heavy atom. The highest BCUT2D eigenvalue weighted by atomic mass is 79.9. The second-order valence-electron chi connectivity index (χ2n) is 3.03. The zero-order chi connectivity index (χ0) is 10.7. The van der Waals surface area contributed by atoms with Crippen LogP contribution < -0.4 is 5.32 Å². The first kappa shape index (κ1) is 11.0. The van der Waals surface area contributed by atoms with Crippen molar-refractivity contribution in [1.82, 2.24) is 9.36 Å². The van der Waals surface area contributed by atoms with E-state index in [1.54, 1.807) is 11.3 Å². The number of thiophene rings is 1. The Morgan fingerprint density at radius 1 is 1.47 bits per heavy atom. The van der Waals surface area contributed by atoms with Gasteiger partial charge in [0.25, 0.3) is 0 Å². The molecular formula is C9H10BrN3S2. The van der Waals surface area contributed by atoms with Gasteiger partial charge in [-0.25, -0.2) is 4.98 Å². The lowest BCUT2D eigenvalue weighted by Gasteiger charge is -1.98. The van der Waals surface area contributed by atoms with E-state index in [1.807, 2.05) is 6.92 Å². The normalized spacial score (nSPS) is 10.5. The molecule has 2 aromatic rings. The number of nitrogens with one attached hydrogen (secondary N) is 1. The van der Waals surface area contributed by atoms with E-state index >= 15 is 0 Å². The molecular weight excluding hydrogens is 294 g/mol. The average Bonchev–Trinajstić information content (AvgIpc) is 2.76. The van der Waals surface area contributed by atoms with E-state index < -0.39 is 0 Å². The number of halogens is 1. The first-order valence-electron chi connectivity index (χ1n) is 4.52. The van der Waals surface area contributed by atoms with Crippen molar-refractivity contribution in [2.24, 2.45) is 0 Å². The van der Waals surface area contributed by atoms with Gasteiger partial charge in [0, 0.05) is 23.0 Å². The van der Waals surface area contributed by atoms with Gasteiger partial charge in [0.15, 0.2) is 0 Å². The monoisotopic (exact) mass is 303 g/mol. The standard InChI is InChI=1S/C9H10BrN3S2/c1-6-12-9(15-13-6)11-5-4-7-2-3-8(10)14-7/h2-3H,4-5H2,1H3,(H,11,12,13). The van der Waals surface area contributed by atoms with Gasteiger partial charge >= 0.3 is 0 Å². The van der Waals surface area contributed by atoms with Crippen molar-refractivity contribution in [2.75, 3.05) is 11.9 Å². The Balaban J connectivity index is 1.80. The fourth-order valence-corrected chi connectivity index (χ4v) is 3.23. The molecule has 0 aliphatic carbocycles. The van der Waals surface area contributed by atoms with E-state index in [0.29, 0.717) is 0 Å². The summed E-state index contributed by atoms with van der Waals surface area (Å²) < 4.78 is 5.29. The van der Waals surface area contributed by atoms with Crippen LogP contribution in [-0.4, -0.2) is 15.9 Å². The molecule has 2 rings (SSSR count). The summed E-state index contributed by atoms with van der Waals surface area (Å²) in [4.78, 5) is 5.61. The zero-order valence-corrected chi connectivity index (χ0v) is 11.4. The van der Waals surface area contributed by atoms with E-state index in [9.17, 15) is 0 Å². The van der Waals surface area contributed by atoms with Crippen molar-refractivity contribution in [3.8, 4) is 0 Å². The van der Waals surface area contributed by atoms with Crippen molar-refractivity contribution in [2.45, 2.75) is 13.3 Å². The molecule has 0 amide bonds. The third kappa shape index (κ3) is 3.25. The van der Waals surface area contributed by atoms with Crippen LogP contribution in [0.2, 0.25) is 0 Å². The molecule has 2 aromatic heterocycles. The first-order valence-corrected chi connectivity index (χ1v) is 6.91. The molecule has 0 atom stereocenters. The molecule has 2 heterocycles. The minimum atomic E-state index is 0.835. The number of aromatic nitrogens is 2. The van der Waals surface area contributed by atoms with Crippen LogP contribution in [0.25, 0.3) is 0 Å². The van der Waals surface area contributed by atoms with Gasteiger partial charge in [-0.15, -0.1) is 11.3 Å². The molecule has 0 aliphatic rings. The maximum Gasteiger partial charge on any atom is 0.202 e. The Labute approximate surface area is 105 Å². The highest BCUT2D eigenvalue weighted by molar-refractivity contribution is 9.11. The molecule has 3 nitrogen and oxygen atoms in total. The van der Waals surface area contributed by atoms with E-state index in [0.717, 1.165) is 23.9 Å². The summed E-state index contributed by atoms with van der Waals surface area (Å²) >= 11 is 6.63. The molecule has 6 heteroatoms. The van der Waals surface area contributed by atoms with Crippen LogP contribution in [0.5, 0.6) is 0 Å². The molecule has 0 bridgehead atoms. The lowest BCUT2D eigenvalue weighted by molar-refractivity contribution is 1.03. The van der Waals surface area contributed by atoms with E-state index in [1.165, 1.54) is 20.2 Å². The largest absolute Gasteiger partial charge is 0.360 e. The highest BCUT2D eigenvalue weighted by Gasteiger charge is 2.00. The fourth-order valence-electron chi connectivity index (χ4n) is 1.15. The number of aryl methyl sites for hydroxylation is 1. The van der Waals surface area contributed by atoms with Crippen molar-refractivity contribution in [3.63, 3.8) is 0 Å². The predicted octanol–water partition coefficient (Wildman–Crippen LogP) is 3.33. The molecule has 0 spiro atoms. The fraction of sp³-hybridized carbons (Fsp3) is 0.333. The molecule has 80 valence electrons. The highest BCUT2D eigenvalue weighted by Crippen LogP contribution is 2.22. The Bertz CT molecular complexity index is 398. The van der Waals surface area contributed by atoms with Gasteiger partial charge in [0.05, 0.1) is 3.79 Å². The summed E-state index contributed by atoms with van der Waals surface area (Å²) in [5, 5.41) is 4.17. The number of hydrogen-bond donors (Lipinski definition) is 1. The molecule has 0 radical (unpaired) electrons. The SMILES string of the molecule is Cc1nsc(NCCc2ccc(Br)s2)n1. The van der Waals surface area contributed by atoms with Gasteiger partial charge in [-0.1, -0.05) is 0 Å². The van der Waals surface area contributed by atoms with Crippen LogP contribution in [0, 0.1) is 6.92 Å². The molecule has 1 N–H and O–H groups in total. The molecule has 0 saturated carbocycles. The lowest BCUT2D eigenvalue weighted by Crippen LogP contribution is -2.03. The average molecular weight is 304 g/mol. The van der Waals surface area contributed by atoms with Crippen LogP contribution in [0.15, 0.2) is 15.9 Å². The van der Waals surface area contributed by atoms with Gasteiger partial charge < -0.3 is 5.32 Å². The van der Waals surface area contributed by atoms with Crippen LogP contribution in [-0.2, 0) is 6.42 Å². The second-order valence-corrected chi connectivity index (χ2v) is 6.33. The lowest BCUT2D eigenvalue weighted by atomic mass is 10.3. The number of nitrogens with zero attached hydrogens (tertiary/aromatic N) is 2. The maximum atomic E-state index is 4.24. The number of anilines is 1. The molecule has 0 unspecified atom stereocenters. The van der Waals surface area contributed by atoms with Gasteiger partial charge in [-0.05, 0) is 41.4 Å². The van der Waals surface area contributed by atoms with Crippen molar-refractivity contribution < 1.29 is 0 Å². The molecule has 0 aliphatic heterocycles. The topological polar surface area (TPSA) is 37.8 Å². The summed E-state index contributed by atoms with van der Waals surface area (Å²) in [6.07, 6.45) is 1.02. The van der Waals surface area contributed by atoms with Crippen LogP contribution in [0.3, 0.4) is 0 Å². The van der Waals surface area contributed by atoms with E-state index in [-0.39, 0.29) is 0 Å². The van der Waals surface area contributed by atoms with Crippen molar-refractivity contribution >= 4 is 43.9 Å². The minimum Gasteiger partial charge on any atom is -0.360 e. The van der Waals surface area contributed by atoms with Crippen LogP contribution in [0.1, 0.15) is 10.7 Å². The van der Waals surface area contributed by atoms with Gasteiger partial charge in [-0.3, -0.25) is 0 Å². The van der Waals surface area contributed by atoms with Gasteiger partial charge in [0.1, 0.15) is 5.82 Å². The maximum absolute atomic E-state index is 4.24.